The van der Waals surface area contributed by atoms with E-state index in [-0.39, 0.29) is 0 Å². The second kappa shape index (κ2) is 6.48. The Morgan fingerprint density at radius 2 is 2.11 bits per heavy atom. The van der Waals surface area contributed by atoms with Crippen molar-refractivity contribution in [3.8, 4) is 0 Å². The molecule has 106 valence electrons. The van der Waals surface area contributed by atoms with Gasteiger partial charge in [0.2, 0.25) is 0 Å². The molecule has 1 aliphatic heterocycles. The molecule has 1 aromatic heterocycles. The molecule has 0 unspecified atom stereocenters. The molecule has 0 radical (unpaired) electrons. The highest BCUT2D eigenvalue weighted by Crippen LogP contribution is 2.19. The molecular formula is C14H24N4S. The third kappa shape index (κ3) is 3.54. The number of hydrogen-bond acceptors (Lipinski definition) is 3. The van der Waals surface area contributed by atoms with Gasteiger partial charge in [0.25, 0.3) is 0 Å². The lowest BCUT2D eigenvalue weighted by Crippen LogP contribution is -2.37. The fraction of sp³-hybridized carbons (Fsp3) is 0.714. The summed E-state index contributed by atoms with van der Waals surface area (Å²) in [4.78, 5) is 3.17. The summed E-state index contributed by atoms with van der Waals surface area (Å²) in [6.07, 6.45) is 3.19. The number of piperidine rings is 1. The molecular weight excluding hydrogens is 256 g/mol. The van der Waals surface area contributed by atoms with E-state index in [4.69, 9.17) is 18.0 Å². The standard InChI is InChI=1S/C14H24N4S/c1-3-12-9-13(18(4-2)16-12)10-17-7-5-11(6-8-17)14(15)19/h9,11H,3-8,10H2,1-2H3,(H2,15,19). The first kappa shape index (κ1) is 14.5. The van der Waals surface area contributed by atoms with E-state index < -0.39 is 0 Å². The summed E-state index contributed by atoms with van der Waals surface area (Å²) >= 11 is 5.09. The van der Waals surface area contributed by atoms with Crippen molar-refractivity contribution in [1.29, 1.82) is 0 Å². The molecule has 4 nitrogen and oxygen atoms in total. The molecule has 1 saturated heterocycles. The van der Waals surface area contributed by atoms with Gasteiger partial charge in [-0.15, -0.1) is 0 Å². The average molecular weight is 280 g/mol. The number of rotatable bonds is 5. The maximum absolute atomic E-state index is 5.73. The van der Waals surface area contributed by atoms with Gasteiger partial charge in [-0.25, -0.2) is 0 Å². The van der Waals surface area contributed by atoms with E-state index >= 15 is 0 Å². The molecule has 0 spiro atoms. The van der Waals surface area contributed by atoms with Crippen molar-refractivity contribution in [2.45, 2.75) is 46.2 Å². The van der Waals surface area contributed by atoms with Gasteiger partial charge in [-0.05, 0) is 45.3 Å². The van der Waals surface area contributed by atoms with Crippen molar-refractivity contribution in [1.82, 2.24) is 14.7 Å². The van der Waals surface area contributed by atoms with Gasteiger partial charge < -0.3 is 5.73 Å². The van der Waals surface area contributed by atoms with Crippen LogP contribution in [0.3, 0.4) is 0 Å². The van der Waals surface area contributed by atoms with Gasteiger partial charge in [0.15, 0.2) is 0 Å². The summed E-state index contributed by atoms with van der Waals surface area (Å²) < 4.78 is 2.12. The molecule has 1 aromatic rings. The van der Waals surface area contributed by atoms with Crippen LogP contribution in [0.1, 0.15) is 38.1 Å². The van der Waals surface area contributed by atoms with Gasteiger partial charge in [0.1, 0.15) is 0 Å². The second-order valence-electron chi connectivity index (χ2n) is 5.25. The number of nitrogens with two attached hydrogens (primary N) is 1. The average Bonchev–Trinajstić information content (AvgIpc) is 2.81. The van der Waals surface area contributed by atoms with Crippen LogP contribution >= 0.6 is 12.2 Å². The molecule has 0 aliphatic carbocycles. The third-order valence-electron chi connectivity index (χ3n) is 3.95. The highest BCUT2D eigenvalue weighted by molar-refractivity contribution is 7.80. The summed E-state index contributed by atoms with van der Waals surface area (Å²) in [5, 5.41) is 4.61. The van der Waals surface area contributed by atoms with E-state index in [9.17, 15) is 0 Å². The van der Waals surface area contributed by atoms with Crippen LogP contribution in [-0.2, 0) is 19.5 Å². The quantitative estimate of drug-likeness (QED) is 0.838. The minimum Gasteiger partial charge on any atom is -0.393 e. The molecule has 5 heteroatoms. The Bertz CT molecular complexity index is 433. The number of likely N-dealkylation sites (tertiary alicyclic amines) is 1. The maximum atomic E-state index is 5.73. The van der Waals surface area contributed by atoms with Crippen LogP contribution in [0, 0.1) is 5.92 Å². The first-order chi connectivity index (χ1) is 9.13. The van der Waals surface area contributed by atoms with Crippen molar-refractivity contribution >= 4 is 17.2 Å². The van der Waals surface area contributed by atoms with Gasteiger partial charge >= 0.3 is 0 Å². The van der Waals surface area contributed by atoms with Crippen LogP contribution in [0.5, 0.6) is 0 Å². The Hall–Kier alpha value is -0.940. The van der Waals surface area contributed by atoms with Crippen LogP contribution in [0.4, 0.5) is 0 Å². The third-order valence-corrected chi connectivity index (χ3v) is 4.28. The molecule has 0 amide bonds. The lowest BCUT2D eigenvalue weighted by molar-refractivity contribution is 0.197. The number of nitrogens with zero attached hydrogens (tertiary/aromatic N) is 3. The lowest BCUT2D eigenvalue weighted by atomic mass is 9.97. The fourth-order valence-electron chi connectivity index (χ4n) is 2.69. The minimum absolute atomic E-state index is 0.438. The normalized spacial score (nSPS) is 17.8. The summed E-state index contributed by atoms with van der Waals surface area (Å²) in [6, 6.07) is 2.24. The molecule has 0 atom stereocenters. The van der Waals surface area contributed by atoms with Gasteiger partial charge in [-0.3, -0.25) is 9.58 Å². The molecule has 1 aliphatic rings. The van der Waals surface area contributed by atoms with Crippen LogP contribution in [0.15, 0.2) is 6.07 Å². The molecule has 1 fully saturated rings. The summed E-state index contributed by atoms with van der Waals surface area (Å²) in [5.74, 6) is 0.438. The topological polar surface area (TPSA) is 47.1 Å². The van der Waals surface area contributed by atoms with Crippen LogP contribution < -0.4 is 5.73 Å². The number of hydrogen-bond donors (Lipinski definition) is 1. The van der Waals surface area contributed by atoms with Gasteiger partial charge in [0, 0.05) is 19.0 Å². The van der Waals surface area contributed by atoms with Gasteiger partial charge in [0.05, 0.1) is 16.4 Å². The van der Waals surface area contributed by atoms with E-state index in [1.807, 2.05) is 0 Å². The predicted molar refractivity (Wildman–Crippen MR) is 82.1 cm³/mol. The summed E-state index contributed by atoms with van der Waals surface area (Å²) in [7, 11) is 0. The Morgan fingerprint density at radius 1 is 1.42 bits per heavy atom. The van der Waals surface area contributed by atoms with E-state index in [0.29, 0.717) is 10.9 Å². The zero-order chi connectivity index (χ0) is 13.8. The van der Waals surface area contributed by atoms with Crippen LogP contribution in [0.2, 0.25) is 0 Å². The minimum atomic E-state index is 0.438. The molecule has 0 aromatic carbocycles. The SMILES string of the molecule is CCc1cc(CN2CCC(C(N)=S)CC2)n(CC)n1. The van der Waals surface area contributed by atoms with E-state index in [1.165, 1.54) is 11.4 Å². The van der Waals surface area contributed by atoms with Crippen molar-refractivity contribution in [3.05, 3.63) is 17.5 Å². The van der Waals surface area contributed by atoms with E-state index in [0.717, 1.165) is 45.4 Å². The number of aryl methyl sites for hydroxylation is 2. The predicted octanol–water partition coefficient (Wildman–Crippen LogP) is 1.96. The molecule has 19 heavy (non-hydrogen) atoms. The van der Waals surface area contributed by atoms with E-state index in [2.05, 4.69) is 34.6 Å². The highest BCUT2D eigenvalue weighted by atomic mass is 32.1. The molecule has 2 rings (SSSR count). The summed E-state index contributed by atoms with van der Waals surface area (Å²) in [5.41, 5.74) is 8.25. The first-order valence-electron chi connectivity index (χ1n) is 7.21. The van der Waals surface area contributed by atoms with Gasteiger partial charge in [-0.1, -0.05) is 19.1 Å². The smallest absolute Gasteiger partial charge is 0.0759 e. The molecule has 0 bridgehead atoms. The molecule has 0 saturated carbocycles. The first-order valence-corrected chi connectivity index (χ1v) is 7.62. The van der Waals surface area contributed by atoms with Crippen molar-refractivity contribution in [3.63, 3.8) is 0 Å². The number of thiocarbonyl (C=S) groups is 1. The van der Waals surface area contributed by atoms with Crippen molar-refractivity contribution in [2.75, 3.05) is 13.1 Å². The second-order valence-corrected chi connectivity index (χ2v) is 5.72. The van der Waals surface area contributed by atoms with Crippen LogP contribution in [-0.4, -0.2) is 32.8 Å². The largest absolute Gasteiger partial charge is 0.393 e. The zero-order valence-corrected chi connectivity index (χ0v) is 12.7. The van der Waals surface area contributed by atoms with Crippen molar-refractivity contribution < 1.29 is 0 Å². The monoisotopic (exact) mass is 280 g/mol. The maximum Gasteiger partial charge on any atom is 0.0759 e. The van der Waals surface area contributed by atoms with Gasteiger partial charge in [-0.2, -0.15) is 5.10 Å². The molecule has 2 heterocycles. The lowest BCUT2D eigenvalue weighted by Gasteiger charge is -2.31. The Balaban J connectivity index is 1.95. The zero-order valence-electron chi connectivity index (χ0n) is 11.9. The number of aromatic nitrogens is 2. The fourth-order valence-corrected chi connectivity index (χ4v) is 2.93. The van der Waals surface area contributed by atoms with Crippen molar-refractivity contribution in [2.24, 2.45) is 11.7 Å². The van der Waals surface area contributed by atoms with E-state index in [1.54, 1.807) is 0 Å². The Morgan fingerprint density at radius 3 is 2.63 bits per heavy atom. The van der Waals surface area contributed by atoms with Crippen LogP contribution in [0.25, 0.3) is 0 Å². The Labute approximate surface area is 121 Å². The molecule has 2 N–H and O–H groups in total. The highest BCUT2D eigenvalue weighted by Gasteiger charge is 2.21. The summed E-state index contributed by atoms with van der Waals surface area (Å²) in [6.45, 7) is 8.40. The Kier molecular flexibility index (Phi) is 4.93.